The van der Waals surface area contributed by atoms with Gasteiger partial charge in [-0.25, -0.2) is 4.79 Å². The summed E-state index contributed by atoms with van der Waals surface area (Å²) in [6, 6.07) is 12.0. The molecule has 0 N–H and O–H groups in total. The summed E-state index contributed by atoms with van der Waals surface area (Å²) in [5.41, 5.74) is 1.83. The number of amides is 1. The highest BCUT2D eigenvalue weighted by atomic mass is 16.7. The van der Waals surface area contributed by atoms with Crippen LogP contribution < -0.4 is 10.4 Å². The number of rotatable bonds is 7. The van der Waals surface area contributed by atoms with Gasteiger partial charge in [0, 0.05) is 11.0 Å². The monoisotopic (exact) mass is 448 g/mol. The molecule has 3 rings (SSSR count). The summed E-state index contributed by atoms with van der Waals surface area (Å²) in [7, 11) is -0.521. The van der Waals surface area contributed by atoms with Gasteiger partial charge in [-0.3, -0.25) is 4.90 Å². The summed E-state index contributed by atoms with van der Waals surface area (Å²) in [6.07, 6.45) is 1.21. The zero-order chi connectivity index (χ0) is 24.4. The second-order valence-electron chi connectivity index (χ2n) is 9.57. The number of carbonyl (C=O) groups excluding carboxylic acids is 1. The van der Waals surface area contributed by atoms with Crippen LogP contribution in [0.3, 0.4) is 0 Å². The number of carbonyl (C=O) groups is 1. The fraction of sp³-hybridized carbons (Fsp3) is 0.462. The van der Waals surface area contributed by atoms with Gasteiger partial charge in [0.25, 0.3) is 0 Å². The van der Waals surface area contributed by atoms with Crippen LogP contribution in [0.15, 0.2) is 42.5 Å². The van der Waals surface area contributed by atoms with Crippen molar-refractivity contribution in [3.8, 4) is 6.07 Å². The molecule has 6 nitrogen and oxygen atoms in total. The van der Waals surface area contributed by atoms with Gasteiger partial charge in [-0.2, -0.15) is 5.26 Å². The van der Waals surface area contributed by atoms with E-state index in [0.717, 1.165) is 34.6 Å². The van der Waals surface area contributed by atoms with Crippen LogP contribution in [-0.4, -0.2) is 37.6 Å². The Bertz CT molecular complexity index is 1090. The molecule has 1 aliphatic heterocycles. The Morgan fingerprint density at radius 2 is 1.82 bits per heavy atom. The zero-order valence-corrected chi connectivity index (χ0v) is 20.5. The molecule has 0 spiro atoms. The van der Waals surface area contributed by atoms with E-state index in [0.29, 0.717) is 12.3 Å². The van der Waals surface area contributed by atoms with E-state index in [1.54, 1.807) is 0 Å². The van der Waals surface area contributed by atoms with Gasteiger partial charge in [0.15, 0.2) is 0 Å². The Hall–Kier alpha value is -2.82. The molecule has 0 radical (unpaired) electrons. The third-order valence-corrected chi connectivity index (χ3v) is 6.47. The molecule has 0 bridgehead atoms. The molecule has 33 heavy (non-hydrogen) atoms. The molecule has 7 heteroatoms. The topological polar surface area (TPSA) is 71.8 Å². The maximum absolute atomic E-state index is 13.1. The lowest BCUT2D eigenvalue weighted by molar-refractivity contribution is 0.00578. The molecule has 1 saturated heterocycles. The number of aryl methyl sites for hydroxylation is 1. The molecule has 1 heterocycles. The van der Waals surface area contributed by atoms with E-state index >= 15 is 0 Å². The standard InChI is InChI=1S/C26H33BN2O4/c1-8-9-14-31-24(30)29(17-18(2)16-28)23-19(3)10-11-20-12-13-21(15-22(20)23)27-32-25(4,5)26(6,7)33-27/h10-13,15H,2,8-9,14,17H2,1,3-7H3. The molecule has 0 aromatic heterocycles. The van der Waals surface area contributed by atoms with E-state index in [9.17, 15) is 10.1 Å². The predicted octanol–water partition coefficient (Wildman–Crippen LogP) is 5.27. The predicted molar refractivity (Wildman–Crippen MR) is 133 cm³/mol. The highest BCUT2D eigenvalue weighted by molar-refractivity contribution is 6.62. The third kappa shape index (κ3) is 5.08. The molecule has 0 atom stereocenters. The molecule has 0 aliphatic carbocycles. The number of nitrogens with zero attached hydrogens (tertiary/aromatic N) is 2. The second-order valence-corrected chi connectivity index (χ2v) is 9.57. The van der Waals surface area contributed by atoms with E-state index < -0.39 is 24.4 Å². The highest BCUT2D eigenvalue weighted by Gasteiger charge is 2.51. The normalized spacial score (nSPS) is 16.5. The Kier molecular flexibility index (Phi) is 7.21. The third-order valence-electron chi connectivity index (χ3n) is 6.47. The van der Waals surface area contributed by atoms with Crippen LogP contribution >= 0.6 is 0 Å². The van der Waals surface area contributed by atoms with Crippen LogP contribution in [0.1, 0.15) is 53.0 Å². The fourth-order valence-corrected chi connectivity index (χ4v) is 3.76. The second kappa shape index (κ2) is 9.58. The number of benzene rings is 2. The fourth-order valence-electron chi connectivity index (χ4n) is 3.76. The molecular formula is C26H33BN2O4. The van der Waals surface area contributed by atoms with E-state index in [-0.39, 0.29) is 12.1 Å². The number of hydrogen-bond acceptors (Lipinski definition) is 5. The minimum Gasteiger partial charge on any atom is -0.449 e. The van der Waals surface area contributed by atoms with Crippen LogP contribution in [0.4, 0.5) is 10.5 Å². The average Bonchev–Trinajstić information content (AvgIpc) is 2.98. The zero-order valence-electron chi connectivity index (χ0n) is 20.5. The van der Waals surface area contributed by atoms with Crippen LogP contribution in [0.5, 0.6) is 0 Å². The van der Waals surface area contributed by atoms with Gasteiger partial charge in [-0.15, -0.1) is 0 Å². The molecule has 1 aliphatic rings. The van der Waals surface area contributed by atoms with Crippen molar-refractivity contribution in [2.75, 3.05) is 18.1 Å². The van der Waals surface area contributed by atoms with Gasteiger partial charge < -0.3 is 14.0 Å². The van der Waals surface area contributed by atoms with Gasteiger partial charge >= 0.3 is 13.2 Å². The van der Waals surface area contributed by atoms with Crippen molar-refractivity contribution in [2.24, 2.45) is 0 Å². The van der Waals surface area contributed by atoms with Crippen molar-refractivity contribution in [3.05, 3.63) is 48.0 Å². The average molecular weight is 448 g/mol. The van der Waals surface area contributed by atoms with Crippen LogP contribution in [-0.2, 0) is 14.0 Å². The van der Waals surface area contributed by atoms with Crippen LogP contribution in [0, 0.1) is 18.3 Å². The Labute approximate surface area is 197 Å². The number of unbranched alkanes of at least 4 members (excludes halogenated alkanes) is 1. The summed E-state index contributed by atoms with van der Waals surface area (Å²) in [6.45, 7) is 16.2. The maximum atomic E-state index is 13.1. The summed E-state index contributed by atoms with van der Waals surface area (Å²) < 4.78 is 18.0. The first-order chi connectivity index (χ1) is 15.5. The van der Waals surface area contributed by atoms with E-state index in [1.807, 2.05) is 77.9 Å². The van der Waals surface area contributed by atoms with E-state index in [4.69, 9.17) is 14.0 Å². The maximum Gasteiger partial charge on any atom is 0.494 e. The minimum atomic E-state index is -0.521. The molecule has 0 unspecified atom stereocenters. The highest BCUT2D eigenvalue weighted by Crippen LogP contribution is 2.37. The van der Waals surface area contributed by atoms with E-state index in [1.165, 1.54) is 4.90 Å². The van der Waals surface area contributed by atoms with Gasteiger partial charge in [0.05, 0.1) is 36.1 Å². The van der Waals surface area contributed by atoms with Crippen LogP contribution in [0.25, 0.3) is 10.8 Å². The summed E-state index contributed by atoms with van der Waals surface area (Å²) in [4.78, 5) is 14.6. The summed E-state index contributed by atoms with van der Waals surface area (Å²) >= 11 is 0. The molecule has 1 amide bonds. The van der Waals surface area contributed by atoms with Gasteiger partial charge in [0.2, 0.25) is 0 Å². The lowest BCUT2D eigenvalue weighted by atomic mass is 9.78. The lowest BCUT2D eigenvalue weighted by Gasteiger charge is -2.32. The van der Waals surface area contributed by atoms with Crippen molar-refractivity contribution < 1.29 is 18.8 Å². The van der Waals surface area contributed by atoms with E-state index in [2.05, 4.69) is 6.58 Å². The Balaban J connectivity index is 2.08. The number of ether oxygens (including phenoxy) is 1. The molecule has 1 fully saturated rings. The molecular weight excluding hydrogens is 415 g/mol. The van der Waals surface area contributed by atoms with Crippen molar-refractivity contribution in [1.82, 2.24) is 0 Å². The Morgan fingerprint density at radius 1 is 1.18 bits per heavy atom. The Morgan fingerprint density at radius 3 is 2.42 bits per heavy atom. The SMILES string of the molecule is C=C(C#N)CN(C(=O)OCCCC)c1c(C)ccc2ccc(B3OC(C)(C)C(C)(C)O3)cc12. The number of anilines is 1. The number of hydrogen-bond donors (Lipinski definition) is 0. The minimum absolute atomic E-state index is 0.0577. The van der Waals surface area contributed by atoms with Crippen molar-refractivity contribution in [3.63, 3.8) is 0 Å². The van der Waals surface area contributed by atoms with Gasteiger partial charge in [0.1, 0.15) is 0 Å². The van der Waals surface area contributed by atoms with Crippen LogP contribution in [0.2, 0.25) is 0 Å². The first-order valence-electron chi connectivity index (χ1n) is 11.4. The molecule has 174 valence electrons. The van der Waals surface area contributed by atoms with Gasteiger partial charge in [-0.1, -0.05) is 50.3 Å². The lowest BCUT2D eigenvalue weighted by Crippen LogP contribution is -2.41. The quantitative estimate of drug-likeness (QED) is 0.328. The summed E-state index contributed by atoms with van der Waals surface area (Å²) in [5, 5.41) is 11.2. The van der Waals surface area contributed by atoms with Gasteiger partial charge in [-0.05, 0) is 57.5 Å². The molecule has 2 aromatic carbocycles. The number of nitriles is 1. The van der Waals surface area contributed by atoms with Crippen molar-refractivity contribution >= 4 is 35.1 Å². The largest absolute Gasteiger partial charge is 0.494 e. The summed E-state index contributed by atoms with van der Waals surface area (Å²) in [5.74, 6) is 0. The smallest absolute Gasteiger partial charge is 0.449 e. The van der Waals surface area contributed by atoms with Crippen molar-refractivity contribution in [2.45, 2.75) is 65.6 Å². The molecule has 2 aromatic rings. The first kappa shape index (κ1) is 24.8. The van der Waals surface area contributed by atoms with Crippen molar-refractivity contribution in [1.29, 1.82) is 5.26 Å². The first-order valence-corrected chi connectivity index (χ1v) is 11.4. The number of fused-ring (bicyclic) bond motifs is 1. The molecule has 0 saturated carbocycles.